The molecule has 0 saturated carbocycles. The molecule has 1 atom stereocenters. The van der Waals surface area contributed by atoms with E-state index in [4.69, 9.17) is 0 Å². The van der Waals surface area contributed by atoms with Gasteiger partial charge < -0.3 is 5.32 Å². The van der Waals surface area contributed by atoms with E-state index in [0.29, 0.717) is 0 Å². The maximum Gasteiger partial charge on any atom is 0.322 e. The Balaban J connectivity index is 1.72. The molecule has 2 amide bonds. The second-order valence-electron chi connectivity index (χ2n) is 6.07. The van der Waals surface area contributed by atoms with E-state index < -0.39 is 10.0 Å². The van der Waals surface area contributed by atoms with E-state index in [0.717, 1.165) is 23.2 Å². The summed E-state index contributed by atoms with van der Waals surface area (Å²) >= 11 is 0. The van der Waals surface area contributed by atoms with Crippen LogP contribution in [0, 0.1) is 0 Å². The number of fused-ring (bicyclic) bond motifs is 1. The molecule has 1 aliphatic rings. The summed E-state index contributed by atoms with van der Waals surface area (Å²) in [5, 5.41) is 2.88. The van der Waals surface area contributed by atoms with E-state index in [1.54, 1.807) is 23.1 Å². The van der Waals surface area contributed by atoms with Gasteiger partial charge >= 0.3 is 6.03 Å². The third-order valence-corrected chi connectivity index (χ3v) is 5.76. The van der Waals surface area contributed by atoms with Crippen LogP contribution in [0.4, 0.5) is 10.5 Å². The highest BCUT2D eigenvalue weighted by Gasteiger charge is 2.30. The van der Waals surface area contributed by atoms with Crippen LogP contribution in [0.15, 0.2) is 53.4 Å². The van der Waals surface area contributed by atoms with Crippen LogP contribution in [0.2, 0.25) is 0 Å². The van der Waals surface area contributed by atoms with Crippen molar-refractivity contribution in [3.8, 4) is 0 Å². The third-order valence-electron chi connectivity index (χ3n) is 4.35. The molecule has 0 aliphatic carbocycles. The van der Waals surface area contributed by atoms with Crippen molar-refractivity contribution in [1.82, 2.24) is 10.0 Å². The first-order valence-electron chi connectivity index (χ1n) is 8.10. The van der Waals surface area contributed by atoms with Gasteiger partial charge in [-0.2, -0.15) is 0 Å². The molecule has 0 fully saturated rings. The highest BCUT2D eigenvalue weighted by atomic mass is 32.2. The van der Waals surface area contributed by atoms with Crippen LogP contribution in [0.1, 0.15) is 18.1 Å². The Morgan fingerprint density at radius 3 is 2.72 bits per heavy atom. The molecule has 0 radical (unpaired) electrons. The van der Waals surface area contributed by atoms with Gasteiger partial charge in [-0.3, -0.25) is 4.90 Å². The number of carbonyl (C=O) groups excluding carboxylic acids is 1. The summed E-state index contributed by atoms with van der Waals surface area (Å²) in [5.74, 6) is 0. The van der Waals surface area contributed by atoms with Crippen LogP contribution < -0.4 is 14.9 Å². The van der Waals surface area contributed by atoms with E-state index in [-0.39, 0.29) is 23.5 Å². The smallest absolute Gasteiger partial charge is 0.322 e. The Morgan fingerprint density at radius 2 is 1.96 bits per heavy atom. The molecule has 6 nitrogen and oxygen atoms in total. The lowest BCUT2D eigenvalue weighted by atomic mass is 10.1. The van der Waals surface area contributed by atoms with E-state index in [2.05, 4.69) is 10.0 Å². The predicted molar refractivity (Wildman–Crippen MR) is 97.0 cm³/mol. The SMILES string of the molecule is CNS(=O)(=O)c1cccc(CNC(=O)N2c3ccccc3CC2C)c1. The molecule has 1 aliphatic heterocycles. The van der Waals surface area contributed by atoms with Crippen molar-refractivity contribution in [1.29, 1.82) is 0 Å². The molecular formula is C18H21N3O3S. The maximum atomic E-state index is 12.6. The minimum Gasteiger partial charge on any atom is -0.334 e. The van der Waals surface area contributed by atoms with Gasteiger partial charge in [0, 0.05) is 18.3 Å². The molecule has 132 valence electrons. The number of rotatable bonds is 4. The summed E-state index contributed by atoms with van der Waals surface area (Å²) in [5.41, 5.74) is 2.82. The average molecular weight is 359 g/mol. The van der Waals surface area contributed by atoms with Crippen molar-refractivity contribution in [3.05, 3.63) is 59.7 Å². The number of urea groups is 1. The minimum absolute atomic E-state index is 0.0911. The number of sulfonamides is 1. The summed E-state index contributed by atoms with van der Waals surface area (Å²) in [4.78, 5) is 14.5. The number of carbonyl (C=O) groups is 1. The normalized spacial score (nSPS) is 16.6. The van der Waals surface area contributed by atoms with Gasteiger partial charge in [-0.1, -0.05) is 30.3 Å². The van der Waals surface area contributed by atoms with Gasteiger partial charge in [-0.25, -0.2) is 17.9 Å². The zero-order chi connectivity index (χ0) is 18.0. The van der Waals surface area contributed by atoms with Crippen LogP contribution in [-0.2, 0) is 23.0 Å². The topological polar surface area (TPSA) is 78.5 Å². The first-order valence-corrected chi connectivity index (χ1v) is 9.58. The molecule has 25 heavy (non-hydrogen) atoms. The fourth-order valence-electron chi connectivity index (χ4n) is 3.08. The Kier molecular flexibility index (Phi) is 4.78. The van der Waals surface area contributed by atoms with Crippen LogP contribution in [0.3, 0.4) is 0 Å². The number of nitrogens with one attached hydrogen (secondary N) is 2. The van der Waals surface area contributed by atoms with Gasteiger partial charge in [0.15, 0.2) is 0 Å². The van der Waals surface area contributed by atoms with E-state index in [9.17, 15) is 13.2 Å². The van der Waals surface area contributed by atoms with Gasteiger partial charge in [-0.05, 0) is 49.7 Å². The Hall–Kier alpha value is -2.38. The van der Waals surface area contributed by atoms with E-state index in [1.165, 1.54) is 13.1 Å². The molecule has 2 aromatic rings. The summed E-state index contributed by atoms with van der Waals surface area (Å²) < 4.78 is 26.0. The highest BCUT2D eigenvalue weighted by molar-refractivity contribution is 7.89. The number of benzene rings is 2. The molecule has 0 bridgehead atoms. The van der Waals surface area contributed by atoms with E-state index in [1.807, 2.05) is 31.2 Å². The monoisotopic (exact) mass is 359 g/mol. The first-order chi connectivity index (χ1) is 11.9. The van der Waals surface area contributed by atoms with Crippen molar-refractivity contribution in [3.63, 3.8) is 0 Å². The first kappa shape index (κ1) is 17.4. The largest absolute Gasteiger partial charge is 0.334 e. The van der Waals surface area contributed by atoms with Gasteiger partial charge in [0.25, 0.3) is 0 Å². The van der Waals surface area contributed by atoms with Gasteiger partial charge in [0.1, 0.15) is 0 Å². The molecule has 1 heterocycles. The minimum atomic E-state index is -3.50. The lowest BCUT2D eigenvalue weighted by molar-refractivity contribution is 0.244. The maximum absolute atomic E-state index is 12.6. The molecule has 0 spiro atoms. The zero-order valence-corrected chi connectivity index (χ0v) is 15.0. The fraction of sp³-hybridized carbons (Fsp3) is 0.278. The van der Waals surface area contributed by atoms with Gasteiger partial charge in [0.2, 0.25) is 10.0 Å². The molecular weight excluding hydrogens is 338 g/mol. The van der Waals surface area contributed by atoms with E-state index >= 15 is 0 Å². The number of nitrogens with zero attached hydrogens (tertiary/aromatic N) is 1. The van der Waals surface area contributed by atoms with Crippen molar-refractivity contribution >= 4 is 21.7 Å². The second-order valence-corrected chi connectivity index (χ2v) is 7.95. The summed E-state index contributed by atoms with van der Waals surface area (Å²) in [6.07, 6.45) is 0.833. The standard InChI is InChI=1S/C18H21N3O3S/c1-13-10-15-7-3-4-9-17(15)21(13)18(22)20-12-14-6-5-8-16(11-14)25(23,24)19-2/h3-9,11,13,19H,10,12H2,1-2H3,(H,20,22). The van der Waals surface area contributed by atoms with Crippen LogP contribution in [0.5, 0.6) is 0 Å². The number of hydrogen-bond acceptors (Lipinski definition) is 3. The van der Waals surface area contributed by atoms with Crippen LogP contribution in [0.25, 0.3) is 0 Å². The lowest BCUT2D eigenvalue weighted by Crippen LogP contribution is -2.43. The molecule has 2 aromatic carbocycles. The molecule has 0 aromatic heterocycles. The number of anilines is 1. The van der Waals surface area contributed by atoms with Gasteiger partial charge in [0.05, 0.1) is 4.90 Å². The fourth-order valence-corrected chi connectivity index (χ4v) is 3.88. The average Bonchev–Trinajstić information content (AvgIpc) is 2.95. The lowest BCUT2D eigenvalue weighted by Gasteiger charge is -2.23. The van der Waals surface area contributed by atoms with Crippen LogP contribution in [-0.4, -0.2) is 27.5 Å². The summed E-state index contributed by atoms with van der Waals surface area (Å²) in [6, 6.07) is 14.3. The Bertz CT molecular complexity index is 896. The van der Waals surface area contributed by atoms with Crippen molar-refractivity contribution in [2.24, 2.45) is 0 Å². The Morgan fingerprint density at radius 1 is 1.20 bits per heavy atom. The Labute approximate surface area is 147 Å². The number of hydrogen-bond donors (Lipinski definition) is 2. The zero-order valence-electron chi connectivity index (χ0n) is 14.2. The van der Waals surface area contributed by atoms with Crippen molar-refractivity contribution in [2.75, 3.05) is 11.9 Å². The molecule has 0 saturated heterocycles. The highest BCUT2D eigenvalue weighted by Crippen LogP contribution is 2.31. The molecule has 7 heteroatoms. The molecule has 3 rings (SSSR count). The number of amides is 2. The predicted octanol–water partition coefficient (Wildman–Crippen LogP) is 2.26. The molecule has 1 unspecified atom stereocenters. The summed E-state index contributed by atoms with van der Waals surface area (Å²) in [7, 11) is -2.13. The second kappa shape index (κ2) is 6.85. The summed E-state index contributed by atoms with van der Waals surface area (Å²) in [6.45, 7) is 2.27. The quantitative estimate of drug-likeness (QED) is 0.879. The molecule has 2 N–H and O–H groups in total. The number of para-hydroxylation sites is 1. The van der Waals surface area contributed by atoms with Crippen molar-refractivity contribution in [2.45, 2.75) is 30.8 Å². The van der Waals surface area contributed by atoms with Crippen molar-refractivity contribution < 1.29 is 13.2 Å². The van der Waals surface area contributed by atoms with Crippen LogP contribution >= 0.6 is 0 Å². The van der Waals surface area contributed by atoms with Gasteiger partial charge in [-0.15, -0.1) is 0 Å². The third kappa shape index (κ3) is 3.52.